The highest BCUT2D eigenvalue weighted by molar-refractivity contribution is 5.71. The molecule has 0 rings (SSSR count). The first kappa shape index (κ1) is 12.9. The fourth-order valence-corrected chi connectivity index (χ4v) is 1.04. The van der Waals surface area contributed by atoms with Crippen LogP contribution in [0.25, 0.3) is 0 Å². The van der Waals surface area contributed by atoms with Crippen molar-refractivity contribution in [3.05, 3.63) is 0 Å². The Kier molecular flexibility index (Phi) is 5.87. The molecule has 0 radical (unpaired) electrons. The van der Waals surface area contributed by atoms with Crippen LogP contribution in [0.15, 0.2) is 0 Å². The largest absolute Gasteiger partial charge is 0.481 e. The molecular weight excluding hydrogens is 186 g/mol. The molecule has 0 fully saturated rings. The van der Waals surface area contributed by atoms with Crippen LogP contribution in [0, 0.1) is 5.92 Å². The van der Waals surface area contributed by atoms with E-state index in [0.717, 1.165) is 0 Å². The summed E-state index contributed by atoms with van der Waals surface area (Å²) in [6.45, 7) is 4.59. The van der Waals surface area contributed by atoms with E-state index in [1.165, 1.54) is 0 Å². The lowest BCUT2D eigenvalue weighted by Gasteiger charge is -2.16. The fourth-order valence-electron chi connectivity index (χ4n) is 1.04. The van der Waals surface area contributed by atoms with Gasteiger partial charge < -0.3 is 15.5 Å². The summed E-state index contributed by atoms with van der Waals surface area (Å²) in [6.07, 6.45) is -0.308. The molecule has 0 aromatic carbocycles. The maximum atomic E-state index is 10.4. The van der Waals surface area contributed by atoms with Crippen molar-refractivity contribution in [1.29, 1.82) is 0 Å². The van der Waals surface area contributed by atoms with Crippen molar-refractivity contribution < 1.29 is 19.8 Å². The van der Waals surface area contributed by atoms with E-state index in [0.29, 0.717) is 12.5 Å². The van der Waals surface area contributed by atoms with Gasteiger partial charge in [0.1, 0.15) is 0 Å². The van der Waals surface area contributed by atoms with Gasteiger partial charge in [-0.1, -0.05) is 13.8 Å². The summed E-state index contributed by atoms with van der Waals surface area (Å²) in [5.41, 5.74) is 0. The minimum absolute atomic E-state index is 0.154. The van der Waals surface area contributed by atoms with Crippen LogP contribution in [0.4, 0.5) is 0 Å². The van der Waals surface area contributed by atoms with Crippen LogP contribution in [-0.4, -0.2) is 34.7 Å². The third kappa shape index (κ3) is 7.54. The summed E-state index contributed by atoms with van der Waals surface area (Å²) < 4.78 is 0. The van der Waals surface area contributed by atoms with Crippen molar-refractivity contribution in [3.8, 4) is 0 Å². The van der Waals surface area contributed by atoms with Crippen LogP contribution < -0.4 is 5.32 Å². The first-order chi connectivity index (χ1) is 6.41. The Morgan fingerprint density at radius 3 is 1.86 bits per heavy atom. The van der Waals surface area contributed by atoms with Gasteiger partial charge >= 0.3 is 11.9 Å². The van der Waals surface area contributed by atoms with Crippen LogP contribution in [0.5, 0.6) is 0 Å². The van der Waals surface area contributed by atoms with Gasteiger partial charge in [0.25, 0.3) is 0 Å². The zero-order chi connectivity index (χ0) is 11.1. The summed E-state index contributed by atoms with van der Waals surface area (Å²) in [7, 11) is 0. The van der Waals surface area contributed by atoms with Gasteiger partial charge in [-0.25, -0.2) is 0 Å². The molecule has 0 aliphatic rings. The van der Waals surface area contributed by atoms with E-state index >= 15 is 0 Å². The van der Waals surface area contributed by atoms with Crippen LogP contribution in [0.3, 0.4) is 0 Å². The lowest BCUT2D eigenvalue weighted by Crippen LogP contribution is -2.35. The van der Waals surface area contributed by atoms with Gasteiger partial charge in [0.05, 0.1) is 12.8 Å². The predicted octanol–water partition coefficient (Wildman–Crippen LogP) is 0.550. The van der Waals surface area contributed by atoms with Crippen molar-refractivity contribution >= 4 is 11.9 Å². The van der Waals surface area contributed by atoms with Crippen molar-refractivity contribution in [3.63, 3.8) is 0 Å². The van der Waals surface area contributed by atoms with E-state index in [9.17, 15) is 9.59 Å². The number of aliphatic carboxylic acids is 2. The van der Waals surface area contributed by atoms with Gasteiger partial charge in [-0.3, -0.25) is 9.59 Å². The minimum atomic E-state index is -0.979. The second-order valence-electron chi connectivity index (χ2n) is 3.69. The zero-order valence-corrected chi connectivity index (χ0v) is 8.49. The second kappa shape index (κ2) is 6.37. The van der Waals surface area contributed by atoms with Crippen LogP contribution in [-0.2, 0) is 9.59 Å². The molecule has 0 saturated heterocycles. The number of carbonyl (C=O) groups is 2. The third-order valence-corrected chi connectivity index (χ3v) is 1.66. The molecule has 14 heavy (non-hydrogen) atoms. The highest BCUT2D eigenvalue weighted by Crippen LogP contribution is 2.00. The number of nitrogens with one attached hydrogen (secondary N) is 1. The van der Waals surface area contributed by atoms with Crippen molar-refractivity contribution in [2.45, 2.75) is 32.7 Å². The minimum Gasteiger partial charge on any atom is -0.481 e. The third-order valence-electron chi connectivity index (χ3n) is 1.66. The van der Waals surface area contributed by atoms with Gasteiger partial charge in [0.2, 0.25) is 0 Å². The zero-order valence-electron chi connectivity index (χ0n) is 8.49. The molecule has 0 aliphatic heterocycles. The maximum Gasteiger partial charge on any atom is 0.304 e. The molecule has 0 bridgehead atoms. The highest BCUT2D eigenvalue weighted by atomic mass is 16.4. The number of hydrogen-bond donors (Lipinski definition) is 3. The Labute approximate surface area is 83.1 Å². The van der Waals surface area contributed by atoms with E-state index < -0.39 is 18.0 Å². The Balaban J connectivity index is 3.96. The molecule has 82 valence electrons. The maximum absolute atomic E-state index is 10.4. The predicted molar refractivity (Wildman–Crippen MR) is 51.1 cm³/mol. The SMILES string of the molecule is CC(C)CNC(CC(=O)O)CC(=O)O. The van der Waals surface area contributed by atoms with Crippen LogP contribution in [0.2, 0.25) is 0 Å². The van der Waals surface area contributed by atoms with Gasteiger partial charge in [-0.15, -0.1) is 0 Å². The first-order valence-electron chi connectivity index (χ1n) is 4.58. The van der Waals surface area contributed by atoms with Gasteiger partial charge in [0.15, 0.2) is 0 Å². The number of rotatable bonds is 7. The first-order valence-corrected chi connectivity index (χ1v) is 4.58. The lowest BCUT2D eigenvalue weighted by atomic mass is 10.1. The Morgan fingerprint density at radius 2 is 1.57 bits per heavy atom. The highest BCUT2D eigenvalue weighted by Gasteiger charge is 2.16. The average molecular weight is 203 g/mol. The van der Waals surface area contributed by atoms with Crippen molar-refractivity contribution in [1.82, 2.24) is 5.32 Å². The van der Waals surface area contributed by atoms with E-state index in [4.69, 9.17) is 10.2 Å². The molecular formula is C9H17NO4. The van der Waals surface area contributed by atoms with Crippen molar-refractivity contribution in [2.75, 3.05) is 6.54 Å². The monoisotopic (exact) mass is 203 g/mol. The number of carboxylic acid groups (broad SMARTS) is 2. The van der Waals surface area contributed by atoms with Gasteiger partial charge in [-0.05, 0) is 12.5 Å². The molecule has 0 heterocycles. The topological polar surface area (TPSA) is 86.6 Å². The van der Waals surface area contributed by atoms with Gasteiger partial charge in [0, 0.05) is 6.04 Å². The molecule has 0 spiro atoms. The molecule has 0 amide bonds. The van der Waals surface area contributed by atoms with Crippen LogP contribution in [0.1, 0.15) is 26.7 Å². The summed E-state index contributed by atoms with van der Waals surface area (Å²) in [6, 6.07) is -0.479. The Bertz CT molecular complexity index is 187. The normalized spacial score (nSPS) is 10.9. The van der Waals surface area contributed by atoms with E-state index in [1.807, 2.05) is 13.8 Å². The van der Waals surface area contributed by atoms with Crippen LogP contribution >= 0.6 is 0 Å². The molecule has 3 N–H and O–H groups in total. The Hall–Kier alpha value is -1.10. The average Bonchev–Trinajstić information content (AvgIpc) is 1.97. The molecule has 0 aromatic rings. The van der Waals surface area contributed by atoms with E-state index in [-0.39, 0.29) is 12.8 Å². The Morgan fingerprint density at radius 1 is 1.14 bits per heavy atom. The van der Waals surface area contributed by atoms with Crippen molar-refractivity contribution in [2.24, 2.45) is 5.92 Å². The molecule has 5 nitrogen and oxygen atoms in total. The summed E-state index contributed by atoms with van der Waals surface area (Å²) in [5, 5.41) is 20.0. The quantitative estimate of drug-likeness (QED) is 0.562. The number of carboxylic acids is 2. The summed E-state index contributed by atoms with van der Waals surface area (Å²) in [5.74, 6) is -1.58. The molecule has 0 aliphatic carbocycles. The standard InChI is InChI=1S/C9H17NO4/c1-6(2)5-10-7(3-8(11)12)4-9(13)14/h6-7,10H,3-5H2,1-2H3,(H,11,12)(H,13,14). The molecule has 0 unspecified atom stereocenters. The van der Waals surface area contributed by atoms with Gasteiger partial charge in [-0.2, -0.15) is 0 Å². The summed E-state index contributed by atoms with van der Waals surface area (Å²) >= 11 is 0. The molecule has 0 aromatic heterocycles. The fraction of sp³-hybridized carbons (Fsp3) is 0.778. The smallest absolute Gasteiger partial charge is 0.304 e. The number of hydrogen-bond acceptors (Lipinski definition) is 3. The molecule has 5 heteroatoms. The molecule has 0 saturated carbocycles. The van der Waals surface area contributed by atoms with E-state index in [1.54, 1.807) is 0 Å². The summed E-state index contributed by atoms with van der Waals surface area (Å²) in [4.78, 5) is 20.8. The second-order valence-corrected chi connectivity index (χ2v) is 3.69. The lowest BCUT2D eigenvalue weighted by molar-refractivity contribution is -0.139. The molecule has 0 atom stereocenters. The van der Waals surface area contributed by atoms with E-state index in [2.05, 4.69) is 5.32 Å².